The third kappa shape index (κ3) is 4.81. The molecule has 106 valence electrons. The molecule has 1 aliphatic rings. The Morgan fingerprint density at radius 3 is 2.61 bits per heavy atom. The van der Waals surface area contributed by atoms with Crippen LogP contribution in [0, 0.1) is 0 Å². The molecule has 2 rings (SSSR count). The second-order valence-corrected chi connectivity index (χ2v) is 4.50. The first-order valence-corrected chi connectivity index (χ1v) is 6.38. The third-order valence-electron chi connectivity index (χ3n) is 3.35. The Labute approximate surface area is 122 Å². The van der Waals surface area contributed by atoms with Gasteiger partial charge in [-0.05, 0) is 12.5 Å². The van der Waals surface area contributed by atoms with Crippen LogP contribution in [0.3, 0.4) is 0 Å². The van der Waals surface area contributed by atoms with Gasteiger partial charge in [-0.15, -0.1) is 24.8 Å². The second-order valence-electron chi connectivity index (χ2n) is 4.50. The number of hydrogen-bond acceptors (Lipinski definition) is 3. The summed E-state index contributed by atoms with van der Waals surface area (Å²) >= 11 is 0. The molecule has 0 bridgehead atoms. The van der Waals surface area contributed by atoms with E-state index in [0.29, 0.717) is 6.04 Å². The molecule has 0 aliphatic carbocycles. The lowest BCUT2D eigenvalue weighted by Crippen LogP contribution is -2.45. The predicted octanol–water partition coefficient (Wildman–Crippen LogP) is 3.26. The van der Waals surface area contributed by atoms with Gasteiger partial charge in [0.05, 0.1) is 12.5 Å². The minimum Gasteiger partial charge on any atom is -0.472 e. The normalized spacial score (nSPS) is 17.6. The summed E-state index contributed by atoms with van der Waals surface area (Å²) in [6.07, 6.45) is 7.50. The Kier molecular flexibility index (Phi) is 9.56. The van der Waals surface area contributed by atoms with Gasteiger partial charge in [-0.3, -0.25) is 4.90 Å². The van der Waals surface area contributed by atoms with Crippen molar-refractivity contribution < 1.29 is 4.42 Å². The van der Waals surface area contributed by atoms with Crippen LogP contribution in [-0.4, -0.2) is 31.1 Å². The highest BCUT2D eigenvalue weighted by Crippen LogP contribution is 2.26. The molecule has 5 heteroatoms. The quantitative estimate of drug-likeness (QED) is 0.904. The molecule has 0 radical (unpaired) electrons. The monoisotopic (exact) mass is 294 g/mol. The Morgan fingerprint density at radius 1 is 1.33 bits per heavy atom. The van der Waals surface area contributed by atoms with Gasteiger partial charge in [-0.2, -0.15) is 0 Å². The molecular weight excluding hydrogens is 271 g/mol. The summed E-state index contributed by atoms with van der Waals surface area (Å²) in [4.78, 5) is 2.58. The molecule has 1 atom stereocenters. The smallest absolute Gasteiger partial charge is 0.0950 e. The van der Waals surface area contributed by atoms with Crippen molar-refractivity contribution in [3.05, 3.63) is 24.2 Å². The summed E-state index contributed by atoms with van der Waals surface area (Å²) in [6.45, 7) is 6.78. The van der Waals surface area contributed by atoms with Crippen molar-refractivity contribution in [1.29, 1.82) is 0 Å². The topological polar surface area (TPSA) is 28.4 Å². The maximum atomic E-state index is 5.22. The highest BCUT2D eigenvalue weighted by molar-refractivity contribution is 5.85. The van der Waals surface area contributed by atoms with Crippen LogP contribution in [0.25, 0.3) is 0 Å². The molecule has 18 heavy (non-hydrogen) atoms. The lowest BCUT2D eigenvalue weighted by Gasteiger charge is -2.34. The average molecular weight is 295 g/mol. The SMILES string of the molecule is CCCC[C@@H](c1ccoc1)N1CCNCC1.Cl.Cl. The van der Waals surface area contributed by atoms with Crippen LogP contribution < -0.4 is 5.32 Å². The average Bonchev–Trinajstić information content (AvgIpc) is 2.85. The molecular formula is C13H24Cl2N2O. The Bertz CT molecular complexity index is 287. The van der Waals surface area contributed by atoms with E-state index in [1.807, 2.05) is 6.26 Å². The van der Waals surface area contributed by atoms with Gasteiger partial charge in [0.1, 0.15) is 0 Å². The van der Waals surface area contributed by atoms with Crippen molar-refractivity contribution >= 4 is 24.8 Å². The van der Waals surface area contributed by atoms with Crippen LogP contribution >= 0.6 is 24.8 Å². The first kappa shape index (κ1) is 17.8. The zero-order valence-corrected chi connectivity index (χ0v) is 12.6. The lowest BCUT2D eigenvalue weighted by molar-refractivity contribution is 0.162. The molecule has 3 nitrogen and oxygen atoms in total. The third-order valence-corrected chi connectivity index (χ3v) is 3.35. The first-order chi connectivity index (χ1) is 7.92. The largest absolute Gasteiger partial charge is 0.472 e. The van der Waals surface area contributed by atoms with Gasteiger partial charge >= 0.3 is 0 Å². The predicted molar refractivity (Wildman–Crippen MR) is 79.9 cm³/mol. The molecule has 1 aromatic heterocycles. The van der Waals surface area contributed by atoms with E-state index in [0.717, 1.165) is 26.2 Å². The highest BCUT2D eigenvalue weighted by atomic mass is 35.5. The van der Waals surface area contributed by atoms with Crippen molar-refractivity contribution in [2.75, 3.05) is 26.2 Å². The number of rotatable bonds is 5. The van der Waals surface area contributed by atoms with Crippen LogP contribution in [0.15, 0.2) is 23.0 Å². The van der Waals surface area contributed by atoms with E-state index in [-0.39, 0.29) is 24.8 Å². The number of hydrogen-bond donors (Lipinski definition) is 1. The van der Waals surface area contributed by atoms with Gasteiger partial charge < -0.3 is 9.73 Å². The van der Waals surface area contributed by atoms with Crippen LogP contribution in [0.1, 0.15) is 37.8 Å². The summed E-state index contributed by atoms with van der Waals surface area (Å²) in [6, 6.07) is 2.67. The van der Waals surface area contributed by atoms with Crippen LogP contribution in [-0.2, 0) is 0 Å². The molecule has 0 aromatic carbocycles. The van der Waals surface area contributed by atoms with Crippen LogP contribution in [0.2, 0.25) is 0 Å². The Balaban J connectivity index is 0.00000144. The van der Waals surface area contributed by atoms with Gasteiger partial charge in [0.25, 0.3) is 0 Å². The molecule has 0 unspecified atom stereocenters. The van der Waals surface area contributed by atoms with Crippen molar-refractivity contribution in [2.24, 2.45) is 0 Å². The van der Waals surface area contributed by atoms with Gasteiger partial charge in [-0.1, -0.05) is 19.8 Å². The minimum atomic E-state index is 0. The molecule has 0 amide bonds. The standard InChI is InChI=1S/C13H22N2O.2ClH/c1-2-3-4-13(12-5-10-16-11-12)15-8-6-14-7-9-15;;/h5,10-11,13-14H,2-4,6-9H2,1H3;2*1H/t13-;;/m0../s1. The summed E-state index contributed by atoms with van der Waals surface area (Å²) in [5.74, 6) is 0. The lowest BCUT2D eigenvalue weighted by atomic mass is 10.0. The molecule has 1 saturated heterocycles. The van der Waals surface area contributed by atoms with E-state index in [4.69, 9.17) is 4.42 Å². The van der Waals surface area contributed by atoms with E-state index >= 15 is 0 Å². The van der Waals surface area contributed by atoms with Crippen molar-refractivity contribution in [3.8, 4) is 0 Å². The summed E-state index contributed by atoms with van der Waals surface area (Å²) in [5.41, 5.74) is 1.34. The van der Waals surface area contributed by atoms with E-state index in [2.05, 4.69) is 23.2 Å². The second kappa shape index (κ2) is 9.68. The summed E-state index contributed by atoms with van der Waals surface area (Å²) in [7, 11) is 0. The van der Waals surface area contributed by atoms with E-state index < -0.39 is 0 Å². The number of unbranched alkanes of at least 4 members (excludes halogenated alkanes) is 1. The zero-order chi connectivity index (χ0) is 11.2. The van der Waals surface area contributed by atoms with Gasteiger partial charge in [-0.25, -0.2) is 0 Å². The van der Waals surface area contributed by atoms with Crippen molar-refractivity contribution in [2.45, 2.75) is 32.2 Å². The van der Waals surface area contributed by atoms with Crippen LogP contribution in [0.5, 0.6) is 0 Å². The molecule has 1 fully saturated rings. The number of piperazine rings is 1. The van der Waals surface area contributed by atoms with E-state index in [9.17, 15) is 0 Å². The fourth-order valence-corrected chi connectivity index (χ4v) is 2.42. The molecule has 1 aromatic rings. The zero-order valence-electron chi connectivity index (χ0n) is 10.9. The van der Waals surface area contributed by atoms with E-state index in [1.54, 1.807) is 6.26 Å². The number of nitrogens with one attached hydrogen (secondary N) is 1. The van der Waals surface area contributed by atoms with Crippen molar-refractivity contribution in [3.63, 3.8) is 0 Å². The fourth-order valence-electron chi connectivity index (χ4n) is 2.42. The first-order valence-electron chi connectivity index (χ1n) is 6.38. The molecule has 2 heterocycles. The number of nitrogens with zero attached hydrogens (tertiary/aromatic N) is 1. The number of furan rings is 1. The van der Waals surface area contributed by atoms with E-state index in [1.165, 1.54) is 24.8 Å². The van der Waals surface area contributed by atoms with Gasteiger partial charge in [0.15, 0.2) is 0 Å². The summed E-state index contributed by atoms with van der Waals surface area (Å²) < 4.78 is 5.22. The maximum Gasteiger partial charge on any atom is 0.0950 e. The van der Waals surface area contributed by atoms with Gasteiger partial charge in [0.2, 0.25) is 0 Å². The Hall–Kier alpha value is -0.220. The fraction of sp³-hybridized carbons (Fsp3) is 0.692. The highest BCUT2D eigenvalue weighted by Gasteiger charge is 2.22. The van der Waals surface area contributed by atoms with Crippen LogP contribution in [0.4, 0.5) is 0 Å². The molecule has 0 saturated carbocycles. The minimum absolute atomic E-state index is 0. The van der Waals surface area contributed by atoms with Crippen molar-refractivity contribution in [1.82, 2.24) is 10.2 Å². The maximum absolute atomic E-state index is 5.22. The molecule has 0 spiro atoms. The molecule has 1 N–H and O–H groups in total. The Morgan fingerprint density at radius 2 is 2.06 bits per heavy atom. The van der Waals surface area contributed by atoms with Gasteiger partial charge in [0, 0.05) is 37.8 Å². The summed E-state index contributed by atoms with van der Waals surface area (Å²) in [5, 5.41) is 3.41. The number of halogens is 2. The molecule has 1 aliphatic heterocycles.